The number of esters is 1. The number of nitrogens with zero attached hydrogens (tertiary/aromatic N) is 2. The number of rotatable bonds is 8. The molecule has 0 spiro atoms. The van der Waals surface area contributed by atoms with E-state index in [9.17, 15) is 4.79 Å². The Kier molecular flexibility index (Phi) is 6.51. The first kappa shape index (κ1) is 16.5. The molecule has 0 amide bonds. The summed E-state index contributed by atoms with van der Waals surface area (Å²) in [6.45, 7) is 10.1. The first-order valence-corrected chi connectivity index (χ1v) is 7.04. The summed E-state index contributed by atoms with van der Waals surface area (Å²) in [5.41, 5.74) is 6.13. The molecule has 114 valence electrons. The predicted molar refractivity (Wildman–Crippen MR) is 77.6 cm³/mol. The Hall–Kier alpha value is -1.56. The number of imidazole rings is 1. The fourth-order valence-corrected chi connectivity index (χ4v) is 1.79. The summed E-state index contributed by atoms with van der Waals surface area (Å²) in [6.07, 6.45) is 1.03. The minimum Gasteiger partial charge on any atom is -0.461 e. The predicted octanol–water partition coefficient (Wildman–Crippen LogP) is 2.01. The maximum atomic E-state index is 11.7. The van der Waals surface area contributed by atoms with Gasteiger partial charge in [-0.05, 0) is 26.2 Å². The molecule has 0 bridgehead atoms. The summed E-state index contributed by atoms with van der Waals surface area (Å²) in [6, 6.07) is 0. The minimum atomic E-state index is -0.479. The number of carbonyl (C=O) groups is 1. The van der Waals surface area contributed by atoms with Gasteiger partial charge in [0.25, 0.3) is 0 Å². The van der Waals surface area contributed by atoms with Gasteiger partial charge >= 0.3 is 5.97 Å². The van der Waals surface area contributed by atoms with Crippen LogP contribution in [0.15, 0.2) is 0 Å². The number of aryl methyl sites for hydroxylation is 1. The molecule has 1 rings (SSSR count). The molecule has 0 aliphatic carbocycles. The van der Waals surface area contributed by atoms with Crippen LogP contribution in [-0.4, -0.2) is 35.3 Å². The van der Waals surface area contributed by atoms with E-state index in [2.05, 4.69) is 18.8 Å². The van der Waals surface area contributed by atoms with Crippen LogP contribution in [0.2, 0.25) is 0 Å². The van der Waals surface area contributed by atoms with Crippen molar-refractivity contribution >= 4 is 11.8 Å². The lowest BCUT2D eigenvalue weighted by Crippen LogP contribution is -2.13. The quantitative estimate of drug-likeness (QED) is 0.583. The molecule has 1 heterocycles. The van der Waals surface area contributed by atoms with Crippen LogP contribution in [0.25, 0.3) is 0 Å². The zero-order valence-electron chi connectivity index (χ0n) is 12.8. The summed E-state index contributed by atoms with van der Waals surface area (Å²) in [4.78, 5) is 15.8. The summed E-state index contributed by atoms with van der Waals surface area (Å²) in [5, 5.41) is 0. The van der Waals surface area contributed by atoms with E-state index in [1.165, 1.54) is 0 Å². The van der Waals surface area contributed by atoms with Crippen LogP contribution in [0.4, 0.5) is 5.82 Å². The average Bonchev–Trinajstić information content (AvgIpc) is 2.65. The summed E-state index contributed by atoms with van der Waals surface area (Å²) < 4.78 is 12.3. The van der Waals surface area contributed by atoms with Crippen LogP contribution in [0, 0.1) is 12.8 Å². The molecule has 0 aliphatic heterocycles. The summed E-state index contributed by atoms with van der Waals surface area (Å²) >= 11 is 0. The monoisotopic (exact) mass is 283 g/mol. The van der Waals surface area contributed by atoms with Crippen molar-refractivity contribution in [3.63, 3.8) is 0 Å². The molecule has 0 fully saturated rings. The second-order valence-corrected chi connectivity index (χ2v) is 5.06. The zero-order chi connectivity index (χ0) is 15.1. The van der Waals surface area contributed by atoms with Crippen molar-refractivity contribution in [3.8, 4) is 0 Å². The van der Waals surface area contributed by atoms with Gasteiger partial charge in [0, 0.05) is 13.2 Å². The minimum absolute atomic E-state index is 0.187. The number of nitrogens with two attached hydrogens (primary N) is 1. The molecule has 0 aromatic carbocycles. The number of anilines is 1. The van der Waals surface area contributed by atoms with Gasteiger partial charge in [0.1, 0.15) is 11.6 Å². The molecule has 1 aromatic heterocycles. The third kappa shape index (κ3) is 4.52. The van der Waals surface area contributed by atoms with E-state index in [0.29, 0.717) is 37.3 Å². The second-order valence-electron chi connectivity index (χ2n) is 5.06. The van der Waals surface area contributed by atoms with E-state index >= 15 is 0 Å². The maximum absolute atomic E-state index is 11.7. The van der Waals surface area contributed by atoms with Gasteiger partial charge in [-0.15, -0.1) is 0 Å². The van der Waals surface area contributed by atoms with E-state index in [-0.39, 0.29) is 5.69 Å². The van der Waals surface area contributed by atoms with Crippen molar-refractivity contribution in [3.05, 3.63) is 11.5 Å². The van der Waals surface area contributed by atoms with Crippen LogP contribution in [0.1, 0.15) is 43.5 Å². The smallest absolute Gasteiger partial charge is 0.360 e. The topological polar surface area (TPSA) is 79.4 Å². The number of hydrogen-bond donors (Lipinski definition) is 1. The Morgan fingerprint density at radius 3 is 2.70 bits per heavy atom. The van der Waals surface area contributed by atoms with Crippen LogP contribution in [0.5, 0.6) is 0 Å². The first-order chi connectivity index (χ1) is 9.47. The normalized spacial score (nSPS) is 11.1. The van der Waals surface area contributed by atoms with E-state index in [1.807, 2.05) is 6.92 Å². The molecule has 0 atom stereocenters. The lowest BCUT2D eigenvalue weighted by molar-refractivity contribution is 0.0521. The first-order valence-electron chi connectivity index (χ1n) is 7.04. The second kappa shape index (κ2) is 7.89. The van der Waals surface area contributed by atoms with Crippen LogP contribution >= 0.6 is 0 Å². The largest absolute Gasteiger partial charge is 0.461 e. The molecule has 0 saturated carbocycles. The lowest BCUT2D eigenvalue weighted by atomic mass is 10.1. The van der Waals surface area contributed by atoms with Gasteiger partial charge in [-0.2, -0.15) is 0 Å². The highest BCUT2D eigenvalue weighted by atomic mass is 16.5. The van der Waals surface area contributed by atoms with Crippen molar-refractivity contribution in [1.82, 2.24) is 9.55 Å². The van der Waals surface area contributed by atoms with Gasteiger partial charge < -0.3 is 19.8 Å². The molecule has 6 heteroatoms. The van der Waals surface area contributed by atoms with Crippen LogP contribution in [0.3, 0.4) is 0 Å². The molecule has 20 heavy (non-hydrogen) atoms. The zero-order valence-corrected chi connectivity index (χ0v) is 12.8. The molecule has 0 unspecified atom stereocenters. The summed E-state index contributed by atoms with van der Waals surface area (Å²) in [5.74, 6) is 1.18. The van der Waals surface area contributed by atoms with Gasteiger partial charge in [-0.25, -0.2) is 9.78 Å². The Morgan fingerprint density at radius 2 is 2.10 bits per heavy atom. The van der Waals surface area contributed by atoms with Crippen LogP contribution < -0.4 is 5.73 Å². The van der Waals surface area contributed by atoms with Crippen molar-refractivity contribution in [2.75, 3.05) is 25.6 Å². The van der Waals surface area contributed by atoms with Gasteiger partial charge in [0.15, 0.2) is 5.69 Å². The molecule has 0 saturated heterocycles. The highest BCUT2D eigenvalue weighted by molar-refractivity contribution is 5.92. The maximum Gasteiger partial charge on any atom is 0.360 e. The SMILES string of the molecule is CCOC(=O)c1nc(C)n(CCOCCC(C)C)c1N. The molecular formula is C14H25N3O3. The van der Waals surface area contributed by atoms with E-state index in [1.54, 1.807) is 11.5 Å². The molecular weight excluding hydrogens is 258 g/mol. The van der Waals surface area contributed by atoms with Gasteiger partial charge in [0.05, 0.1) is 13.2 Å². The molecule has 6 nitrogen and oxygen atoms in total. The fraction of sp³-hybridized carbons (Fsp3) is 0.714. The molecule has 2 N–H and O–H groups in total. The Labute approximate surface area is 120 Å². The molecule has 0 aliphatic rings. The molecule has 0 radical (unpaired) electrons. The van der Waals surface area contributed by atoms with Crippen molar-refractivity contribution in [2.24, 2.45) is 5.92 Å². The third-order valence-electron chi connectivity index (χ3n) is 2.97. The molecule has 1 aromatic rings. The van der Waals surface area contributed by atoms with Crippen LogP contribution in [-0.2, 0) is 16.0 Å². The highest BCUT2D eigenvalue weighted by Crippen LogP contribution is 2.15. The van der Waals surface area contributed by atoms with Crippen molar-refractivity contribution in [1.29, 1.82) is 0 Å². The Bertz CT molecular complexity index is 441. The standard InChI is InChI=1S/C14H25N3O3/c1-5-20-14(18)12-13(15)17(11(4)16-12)7-9-19-8-6-10(2)3/h10H,5-9,15H2,1-4H3. The van der Waals surface area contributed by atoms with E-state index < -0.39 is 5.97 Å². The third-order valence-corrected chi connectivity index (χ3v) is 2.97. The van der Waals surface area contributed by atoms with Gasteiger partial charge in [-0.1, -0.05) is 13.8 Å². The fourth-order valence-electron chi connectivity index (χ4n) is 1.79. The number of carbonyl (C=O) groups excluding carboxylic acids is 1. The lowest BCUT2D eigenvalue weighted by Gasteiger charge is -2.09. The number of aromatic nitrogens is 2. The van der Waals surface area contributed by atoms with E-state index in [0.717, 1.165) is 13.0 Å². The van der Waals surface area contributed by atoms with E-state index in [4.69, 9.17) is 15.2 Å². The summed E-state index contributed by atoms with van der Waals surface area (Å²) in [7, 11) is 0. The Balaban J connectivity index is 2.56. The van der Waals surface area contributed by atoms with Gasteiger partial charge in [0.2, 0.25) is 0 Å². The van der Waals surface area contributed by atoms with Crippen molar-refractivity contribution in [2.45, 2.75) is 40.7 Å². The number of ether oxygens (including phenoxy) is 2. The highest BCUT2D eigenvalue weighted by Gasteiger charge is 2.19. The number of nitrogen functional groups attached to an aromatic ring is 1. The van der Waals surface area contributed by atoms with Crippen molar-refractivity contribution < 1.29 is 14.3 Å². The average molecular weight is 283 g/mol. The Morgan fingerprint density at radius 1 is 1.40 bits per heavy atom. The number of hydrogen-bond acceptors (Lipinski definition) is 5. The van der Waals surface area contributed by atoms with Gasteiger partial charge in [-0.3, -0.25) is 0 Å².